The minimum Gasteiger partial charge on any atom is -0.467 e. The van der Waals surface area contributed by atoms with Gasteiger partial charge in [-0.2, -0.15) is 0 Å². The van der Waals surface area contributed by atoms with E-state index in [-0.39, 0.29) is 31.2 Å². The minimum atomic E-state index is -3.37. The van der Waals surface area contributed by atoms with Gasteiger partial charge in [0.25, 0.3) is 5.91 Å². The number of ether oxygens (including phenoxy) is 2. The highest BCUT2D eigenvalue weighted by molar-refractivity contribution is 7.88. The fraction of sp³-hybridized carbons (Fsp3) is 0.647. The highest BCUT2D eigenvalue weighted by Gasteiger charge is 2.35. The van der Waals surface area contributed by atoms with E-state index in [9.17, 15) is 13.2 Å². The van der Waals surface area contributed by atoms with Crippen LogP contribution in [0.4, 0.5) is 0 Å². The zero-order chi connectivity index (χ0) is 19.3. The van der Waals surface area contributed by atoms with Crippen molar-refractivity contribution in [1.29, 1.82) is 0 Å². The molecule has 0 bridgehead atoms. The lowest BCUT2D eigenvalue weighted by molar-refractivity contribution is -0.139. The largest absolute Gasteiger partial charge is 0.467 e. The summed E-state index contributed by atoms with van der Waals surface area (Å²) in [5.74, 6) is 0.221. The van der Waals surface area contributed by atoms with Crippen molar-refractivity contribution in [3.05, 3.63) is 23.4 Å². The molecule has 9 heteroatoms. The first-order chi connectivity index (χ1) is 12.2. The normalized spacial score (nSPS) is 20.8. The van der Waals surface area contributed by atoms with Crippen molar-refractivity contribution < 1.29 is 22.7 Å². The van der Waals surface area contributed by atoms with Crippen LogP contribution in [0, 0.1) is 13.8 Å². The molecule has 2 atom stereocenters. The summed E-state index contributed by atoms with van der Waals surface area (Å²) in [6, 6.07) is 1.14. The molecule has 0 spiro atoms. The van der Waals surface area contributed by atoms with Gasteiger partial charge < -0.3 is 14.4 Å². The van der Waals surface area contributed by atoms with Gasteiger partial charge in [-0.05, 0) is 38.3 Å². The van der Waals surface area contributed by atoms with Crippen molar-refractivity contribution in [3.63, 3.8) is 0 Å². The zero-order valence-corrected chi connectivity index (χ0v) is 16.5. The molecule has 26 heavy (non-hydrogen) atoms. The van der Waals surface area contributed by atoms with E-state index in [2.05, 4.69) is 9.71 Å². The topological polar surface area (TPSA) is 97.8 Å². The Labute approximate surface area is 154 Å². The number of nitrogens with one attached hydrogen (secondary N) is 1. The van der Waals surface area contributed by atoms with Crippen LogP contribution < -0.4 is 9.46 Å². The third kappa shape index (κ3) is 5.39. The van der Waals surface area contributed by atoms with Crippen LogP contribution in [0.3, 0.4) is 0 Å². The molecule has 1 fully saturated rings. The number of aromatic nitrogens is 1. The Morgan fingerprint density at radius 2 is 2.15 bits per heavy atom. The van der Waals surface area contributed by atoms with E-state index in [0.717, 1.165) is 17.4 Å². The van der Waals surface area contributed by atoms with Gasteiger partial charge in [-0.1, -0.05) is 0 Å². The number of sulfonamides is 1. The summed E-state index contributed by atoms with van der Waals surface area (Å²) < 4.78 is 36.7. The number of aryl methyl sites for hydroxylation is 1. The van der Waals surface area contributed by atoms with Crippen molar-refractivity contribution in [2.45, 2.75) is 38.8 Å². The SMILES string of the molecule is COC[C@H]1C(NS(C)(=O)=O)CCCN1C(=O)COc1nccc(C)c1C. The number of piperidine rings is 1. The lowest BCUT2D eigenvalue weighted by Gasteiger charge is -2.40. The molecular formula is C17H27N3O5S. The molecule has 8 nitrogen and oxygen atoms in total. The maximum absolute atomic E-state index is 12.7. The molecule has 1 aromatic heterocycles. The van der Waals surface area contributed by atoms with Gasteiger partial charge in [-0.25, -0.2) is 18.1 Å². The number of nitrogens with zero attached hydrogens (tertiary/aromatic N) is 2. The number of methoxy groups -OCH3 is 1. The van der Waals surface area contributed by atoms with Gasteiger partial charge in [0, 0.05) is 31.5 Å². The second-order valence-corrected chi connectivity index (χ2v) is 8.38. The van der Waals surface area contributed by atoms with Crippen LogP contribution in [0.2, 0.25) is 0 Å². The van der Waals surface area contributed by atoms with Crippen LogP contribution in [0.5, 0.6) is 5.88 Å². The van der Waals surface area contributed by atoms with E-state index >= 15 is 0 Å². The van der Waals surface area contributed by atoms with Crippen LogP contribution in [0.25, 0.3) is 0 Å². The third-order valence-corrected chi connectivity index (χ3v) is 5.29. The van der Waals surface area contributed by atoms with Crippen molar-refractivity contribution in [2.75, 3.05) is 33.1 Å². The first kappa shape index (κ1) is 20.6. The zero-order valence-electron chi connectivity index (χ0n) is 15.7. The van der Waals surface area contributed by atoms with Crippen molar-refractivity contribution in [1.82, 2.24) is 14.6 Å². The maximum atomic E-state index is 12.7. The Hall–Kier alpha value is -1.71. The highest BCUT2D eigenvalue weighted by Crippen LogP contribution is 2.21. The molecule has 0 aromatic carbocycles. The standard InChI is InChI=1S/C17H27N3O5S/c1-12-7-8-18-17(13(12)2)25-11-16(21)20-9-5-6-14(15(20)10-24-3)19-26(4,22)23/h7-8,14-15,19H,5-6,9-11H2,1-4H3/t14?,15-/m0/s1. The van der Waals surface area contributed by atoms with Crippen molar-refractivity contribution in [2.24, 2.45) is 0 Å². The Balaban J connectivity index is 2.08. The molecule has 1 aromatic rings. The highest BCUT2D eigenvalue weighted by atomic mass is 32.2. The Kier molecular flexibility index (Phi) is 6.96. The second-order valence-electron chi connectivity index (χ2n) is 6.60. The first-order valence-electron chi connectivity index (χ1n) is 8.53. The van der Waals surface area contributed by atoms with E-state index in [1.807, 2.05) is 19.9 Å². The molecule has 1 N–H and O–H groups in total. The van der Waals surface area contributed by atoms with Gasteiger partial charge in [0.2, 0.25) is 15.9 Å². The number of amides is 1. The fourth-order valence-corrected chi connectivity index (χ4v) is 3.95. The number of rotatable bonds is 7. The average Bonchev–Trinajstić information content (AvgIpc) is 2.56. The fourth-order valence-electron chi connectivity index (χ4n) is 3.12. The molecule has 1 aliphatic heterocycles. The van der Waals surface area contributed by atoms with Gasteiger partial charge in [0.05, 0.1) is 18.9 Å². The molecular weight excluding hydrogens is 358 g/mol. The minimum absolute atomic E-state index is 0.150. The molecule has 2 rings (SSSR count). The second kappa shape index (κ2) is 8.79. The van der Waals surface area contributed by atoms with Crippen LogP contribution in [0.15, 0.2) is 12.3 Å². The summed E-state index contributed by atoms with van der Waals surface area (Å²) in [5, 5.41) is 0. The number of carbonyl (C=O) groups excluding carboxylic acids is 1. The molecule has 0 saturated carbocycles. The lowest BCUT2D eigenvalue weighted by atomic mass is 9.97. The summed E-state index contributed by atoms with van der Waals surface area (Å²) >= 11 is 0. The van der Waals surface area contributed by atoms with Crippen LogP contribution in [-0.4, -0.2) is 69.4 Å². The molecule has 2 heterocycles. The molecule has 0 aliphatic carbocycles. The molecule has 1 saturated heterocycles. The van der Waals surface area contributed by atoms with E-state index in [4.69, 9.17) is 9.47 Å². The molecule has 1 amide bonds. The van der Waals surface area contributed by atoms with E-state index in [0.29, 0.717) is 25.3 Å². The van der Waals surface area contributed by atoms with Gasteiger partial charge in [0.15, 0.2) is 6.61 Å². The molecule has 0 radical (unpaired) electrons. The Bertz CT molecular complexity index is 738. The van der Waals surface area contributed by atoms with Gasteiger partial charge in [-0.3, -0.25) is 4.79 Å². The Morgan fingerprint density at radius 3 is 2.81 bits per heavy atom. The van der Waals surface area contributed by atoms with E-state index in [1.165, 1.54) is 7.11 Å². The predicted octanol–water partition coefficient (Wildman–Crippen LogP) is 0.632. The number of pyridine rings is 1. The molecule has 1 unspecified atom stereocenters. The predicted molar refractivity (Wildman–Crippen MR) is 97.6 cm³/mol. The number of hydrogen-bond acceptors (Lipinski definition) is 6. The van der Waals surface area contributed by atoms with Crippen molar-refractivity contribution >= 4 is 15.9 Å². The van der Waals surface area contributed by atoms with E-state index in [1.54, 1.807) is 11.1 Å². The summed E-state index contributed by atoms with van der Waals surface area (Å²) in [7, 11) is -1.84. The molecule has 146 valence electrons. The van der Waals surface area contributed by atoms with E-state index < -0.39 is 10.0 Å². The summed E-state index contributed by atoms with van der Waals surface area (Å²) in [5.41, 5.74) is 1.93. The quantitative estimate of drug-likeness (QED) is 0.739. The van der Waals surface area contributed by atoms with Crippen LogP contribution >= 0.6 is 0 Å². The maximum Gasteiger partial charge on any atom is 0.260 e. The third-order valence-electron chi connectivity index (χ3n) is 4.56. The first-order valence-corrected chi connectivity index (χ1v) is 10.4. The Morgan fingerprint density at radius 1 is 1.42 bits per heavy atom. The van der Waals surface area contributed by atoms with Crippen LogP contribution in [-0.2, 0) is 19.6 Å². The lowest BCUT2D eigenvalue weighted by Crippen LogP contribution is -2.59. The van der Waals surface area contributed by atoms with Gasteiger partial charge in [0.1, 0.15) is 0 Å². The van der Waals surface area contributed by atoms with Crippen molar-refractivity contribution in [3.8, 4) is 5.88 Å². The van der Waals surface area contributed by atoms with Gasteiger partial charge in [-0.15, -0.1) is 0 Å². The van der Waals surface area contributed by atoms with Crippen LogP contribution in [0.1, 0.15) is 24.0 Å². The number of hydrogen-bond donors (Lipinski definition) is 1. The number of carbonyl (C=O) groups is 1. The summed E-state index contributed by atoms with van der Waals surface area (Å²) in [6.07, 6.45) is 4.13. The monoisotopic (exact) mass is 385 g/mol. The summed E-state index contributed by atoms with van der Waals surface area (Å²) in [4.78, 5) is 18.5. The summed E-state index contributed by atoms with van der Waals surface area (Å²) in [6.45, 7) is 4.48. The molecule has 1 aliphatic rings. The van der Waals surface area contributed by atoms with Gasteiger partial charge >= 0.3 is 0 Å². The average molecular weight is 385 g/mol. The number of likely N-dealkylation sites (tertiary alicyclic amines) is 1. The smallest absolute Gasteiger partial charge is 0.260 e.